The van der Waals surface area contributed by atoms with Crippen molar-refractivity contribution < 1.29 is 13.6 Å². The van der Waals surface area contributed by atoms with Crippen molar-refractivity contribution in [3.8, 4) is 0 Å². The Kier molecular flexibility index (Phi) is 4.14. The first-order valence-corrected chi connectivity index (χ1v) is 6.44. The summed E-state index contributed by atoms with van der Waals surface area (Å²) < 4.78 is 25.8. The normalized spacial score (nSPS) is 16.8. The number of hydrogen-bond donors (Lipinski definition) is 2. The lowest BCUT2D eigenvalue weighted by Crippen LogP contribution is -2.47. The fourth-order valence-corrected chi connectivity index (χ4v) is 2.48. The van der Waals surface area contributed by atoms with Crippen LogP contribution in [0, 0.1) is 17.0 Å². The maximum absolute atomic E-state index is 13.0. The number of amides is 1. The van der Waals surface area contributed by atoms with Crippen molar-refractivity contribution in [2.75, 3.05) is 20.1 Å². The molecule has 0 bridgehead atoms. The van der Waals surface area contributed by atoms with Crippen LogP contribution in [-0.2, 0) is 0 Å². The zero-order chi connectivity index (χ0) is 13.9. The maximum atomic E-state index is 13.0. The van der Waals surface area contributed by atoms with Crippen molar-refractivity contribution in [2.24, 2.45) is 5.41 Å². The van der Waals surface area contributed by atoms with Gasteiger partial charge in [-0.25, -0.2) is 8.78 Å². The molecule has 0 aliphatic heterocycles. The standard InChI is InChI=1S/C14H18F2N2O/c1-17-8-14(5-2-6-14)9-18-13(19)10-3-4-11(15)12(16)7-10/h3-4,7,17H,2,5-6,8-9H2,1H3,(H,18,19). The van der Waals surface area contributed by atoms with Crippen LogP contribution < -0.4 is 10.6 Å². The smallest absolute Gasteiger partial charge is 0.251 e. The first-order valence-electron chi connectivity index (χ1n) is 6.44. The highest BCUT2D eigenvalue weighted by Crippen LogP contribution is 2.39. The first-order chi connectivity index (χ1) is 9.06. The monoisotopic (exact) mass is 268 g/mol. The Morgan fingerprint density at radius 2 is 2.00 bits per heavy atom. The zero-order valence-electron chi connectivity index (χ0n) is 10.9. The summed E-state index contributed by atoms with van der Waals surface area (Å²) >= 11 is 0. The van der Waals surface area contributed by atoms with Crippen LogP contribution in [0.2, 0.25) is 0 Å². The van der Waals surface area contributed by atoms with Gasteiger partial charge in [0.2, 0.25) is 0 Å². The molecule has 1 fully saturated rings. The average molecular weight is 268 g/mol. The highest BCUT2D eigenvalue weighted by atomic mass is 19.2. The summed E-state index contributed by atoms with van der Waals surface area (Å²) in [5, 5.41) is 5.93. The summed E-state index contributed by atoms with van der Waals surface area (Å²) in [7, 11) is 1.89. The molecule has 1 aliphatic carbocycles. The summed E-state index contributed by atoms with van der Waals surface area (Å²) in [5.41, 5.74) is 0.265. The number of halogens is 2. The molecule has 5 heteroatoms. The van der Waals surface area contributed by atoms with Gasteiger partial charge in [-0.05, 0) is 38.1 Å². The maximum Gasteiger partial charge on any atom is 0.251 e. The van der Waals surface area contributed by atoms with Crippen molar-refractivity contribution in [3.63, 3.8) is 0 Å². The molecular weight excluding hydrogens is 250 g/mol. The van der Waals surface area contributed by atoms with E-state index in [4.69, 9.17) is 0 Å². The van der Waals surface area contributed by atoms with E-state index >= 15 is 0 Å². The molecule has 19 heavy (non-hydrogen) atoms. The van der Waals surface area contributed by atoms with Crippen LogP contribution in [0.3, 0.4) is 0 Å². The molecule has 0 radical (unpaired) electrons. The Bertz CT molecular complexity index is 473. The van der Waals surface area contributed by atoms with E-state index < -0.39 is 11.6 Å². The third-order valence-corrected chi connectivity index (χ3v) is 3.77. The highest BCUT2D eigenvalue weighted by Gasteiger charge is 2.36. The number of nitrogens with one attached hydrogen (secondary N) is 2. The SMILES string of the molecule is CNCC1(CNC(=O)c2ccc(F)c(F)c2)CCC1. The van der Waals surface area contributed by atoms with Gasteiger partial charge >= 0.3 is 0 Å². The molecule has 1 amide bonds. The summed E-state index contributed by atoms with van der Waals surface area (Å²) in [6.07, 6.45) is 3.32. The van der Waals surface area contributed by atoms with E-state index in [9.17, 15) is 13.6 Å². The van der Waals surface area contributed by atoms with E-state index in [-0.39, 0.29) is 16.9 Å². The Morgan fingerprint density at radius 3 is 2.53 bits per heavy atom. The van der Waals surface area contributed by atoms with Crippen LogP contribution in [-0.4, -0.2) is 26.0 Å². The van der Waals surface area contributed by atoms with Gasteiger partial charge in [-0.3, -0.25) is 4.79 Å². The summed E-state index contributed by atoms with van der Waals surface area (Å²) in [6.45, 7) is 1.41. The third-order valence-electron chi connectivity index (χ3n) is 3.77. The molecule has 0 unspecified atom stereocenters. The van der Waals surface area contributed by atoms with Crippen LogP contribution in [0.25, 0.3) is 0 Å². The second-order valence-electron chi connectivity index (χ2n) is 5.20. The average Bonchev–Trinajstić information content (AvgIpc) is 2.35. The molecule has 2 N–H and O–H groups in total. The van der Waals surface area contributed by atoms with Crippen molar-refractivity contribution in [1.29, 1.82) is 0 Å². The van der Waals surface area contributed by atoms with Crippen molar-refractivity contribution in [1.82, 2.24) is 10.6 Å². The van der Waals surface area contributed by atoms with E-state index in [0.29, 0.717) is 6.54 Å². The van der Waals surface area contributed by atoms with Crippen LogP contribution in [0.15, 0.2) is 18.2 Å². The molecule has 1 saturated carbocycles. The first kappa shape index (κ1) is 13.9. The molecule has 3 nitrogen and oxygen atoms in total. The molecule has 0 saturated heterocycles. The van der Waals surface area contributed by atoms with E-state index in [1.165, 1.54) is 12.5 Å². The molecule has 0 aromatic heterocycles. The molecule has 1 aromatic rings. The van der Waals surface area contributed by atoms with Gasteiger partial charge in [0.1, 0.15) is 0 Å². The zero-order valence-corrected chi connectivity index (χ0v) is 10.9. The number of rotatable bonds is 5. The molecule has 1 aromatic carbocycles. The number of carbonyl (C=O) groups excluding carboxylic acids is 1. The fraction of sp³-hybridized carbons (Fsp3) is 0.500. The van der Waals surface area contributed by atoms with E-state index in [0.717, 1.165) is 31.5 Å². The summed E-state index contributed by atoms with van der Waals surface area (Å²) in [5.74, 6) is -2.30. The third kappa shape index (κ3) is 3.10. The van der Waals surface area contributed by atoms with Crippen LogP contribution in [0.5, 0.6) is 0 Å². The van der Waals surface area contributed by atoms with Crippen molar-refractivity contribution >= 4 is 5.91 Å². The van der Waals surface area contributed by atoms with Crippen molar-refractivity contribution in [2.45, 2.75) is 19.3 Å². The lowest BCUT2D eigenvalue weighted by atomic mass is 9.68. The lowest BCUT2D eigenvalue weighted by Gasteiger charge is -2.42. The van der Waals surface area contributed by atoms with Gasteiger partial charge < -0.3 is 10.6 Å². The van der Waals surface area contributed by atoms with E-state index in [1.54, 1.807) is 0 Å². The van der Waals surface area contributed by atoms with Crippen LogP contribution in [0.4, 0.5) is 8.78 Å². The van der Waals surface area contributed by atoms with Crippen LogP contribution in [0.1, 0.15) is 29.6 Å². The van der Waals surface area contributed by atoms with Gasteiger partial charge in [0.15, 0.2) is 11.6 Å². The van der Waals surface area contributed by atoms with E-state index in [1.807, 2.05) is 7.05 Å². The molecule has 0 spiro atoms. The largest absolute Gasteiger partial charge is 0.351 e. The van der Waals surface area contributed by atoms with Gasteiger partial charge in [-0.1, -0.05) is 6.42 Å². The Morgan fingerprint density at radius 1 is 1.26 bits per heavy atom. The van der Waals surface area contributed by atoms with Crippen molar-refractivity contribution in [3.05, 3.63) is 35.4 Å². The Hall–Kier alpha value is -1.49. The second-order valence-corrected chi connectivity index (χ2v) is 5.20. The topological polar surface area (TPSA) is 41.1 Å². The number of benzene rings is 1. The highest BCUT2D eigenvalue weighted by molar-refractivity contribution is 5.94. The molecule has 0 atom stereocenters. The second kappa shape index (κ2) is 5.65. The summed E-state index contributed by atoms with van der Waals surface area (Å²) in [6, 6.07) is 3.19. The predicted octanol–water partition coefficient (Wildman–Crippen LogP) is 2.08. The molecule has 104 valence electrons. The number of hydrogen-bond acceptors (Lipinski definition) is 2. The van der Waals surface area contributed by atoms with Gasteiger partial charge in [0.05, 0.1) is 0 Å². The van der Waals surface area contributed by atoms with Gasteiger partial charge in [0.25, 0.3) is 5.91 Å². The van der Waals surface area contributed by atoms with Gasteiger partial charge in [0, 0.05) is 24.1 Å². The van der Waals surface area contributed by atoms with Crippen LogP contribution >= 0.6 is 0 Å². The molecule has 2 rings (SSSR count). The lowest BCUT2D eigenvalue weighted by molar-refractivity contribution is 0.0862. The molecule has 1 aliphatic rings. The minimum atomic E-state index is -0.999. The van der Waals surface area contributed by atoms with E-state index in [2.05, 4.69) is 10.6 Å². The van der Waals surface area contributed by atoms with Gasteiger partial charge in [-0.15, -0.1) is 0 Å². The van der Waals surface area contributed by atoms with Gasteiger partial charge in [-0.2, -0.15) is 0 Å². The molecular formula is C14H18F2N2O. The Labute approximate surface area is 111 Å². The molecule has 0 heterocycles. The number of carbonyl (C=O) groups is 1. The predicted molar refractivity (Wildman–Crippen MR) is 68.9 cm³/mol. The fourth-order valence-electron chi connectivity index (χ4n) is 2.48. The summed E-state index contributed by atoms with van der Waals surface area (Å²) in [4.78, 5) is 11.9. The Balaban J connectivity index is 1.95. The minimum absolute atomic E-state index is 0.114. The minimum Gasteiger partial charge on any atom is -0.351 e. The quantitative estimate of drug-likeness (QED) is 0.858.